The predicted molar refractivity (Wildman–Crippen MR) is 69.1 cm³/mol. The van der Waals surface area contributed by atoms with Crippen LogP contribution in [0.15, 0.2) is 0 Å². The molecule has 1 rings (SSSR count). The molecule has 4 N–H and O–H groups in total. The predicted octanol–water partition coefficient (Wildman–Crippen LogP) is 1.41. The van der Waals surface area contributed by atoms with E-state index in [0.717, 1.165) is 32.1 Å². The summed E-state index contributed by atoms with van der Waals surface area (Å²) in [5.74, 6) is -0.917. The van der Waals surface area contributed by atoms with Gasteiger partial charge in [-0.1, -0.05) is 19.3 Å². The highest BCUT2D eigenvalue weighted by atomic mass is 16.4. The molecule has 5 nitrogen and oxygen atoms in total. The number of carboxylic acids is 1. The Morgan fingerprint density at radius 3 is 2.44 bits per heavy atom. The van der Waals surface area contributed by atoms with Crippen LogP contribution in [0, 0.1) is 0 Å². The van der Waals surface area contributed by atoms with Gasteiger partial charge in [-0.15, -0.1) is 0 Å². The monoisotopic (exact) mass is 256 g/mol. The lowest BCUT2D eigenvalue weighted by Gasteiger charge is -2.37. The van der Waals surface area contributed by atoms with Crippen LogP contribution < -0.4 is 11.1 Å². The van der Waals surface area contributed by atoms with Gasteiger partial charge in [0.1, 0.15) is 0 Å². The normalized spacial score (nSPS) is 20.1. The van der Waals surface area contributed by atoms with Gasteiger partial charge in [0.2, 0.25) is 5.91 Å². The van der Waals surface area contributed by atoms with Crippen LogP contribution in [0.1, 0.15) is 58.3 Å². The molecule has 0 spiro atoms. The maximum atomic E-state index is 11.8. The van der Waals surface area contributed by atoms with Gasteiger partial charge in [0.25, 0.3) is 0 Å². The summed E-state index contributed by atoms with van der Waals surface area (Å²) >= 11 is 0. The molecule has 1 atom stereocenters. The number of carbonyl (C=O) groups excluding carboxylic acids is 1. The quantitative estimate of drug-likeness (QED) is 0.670. The summed E-state index contributed by atoms with van der Waals surface area (Å²) in [6, 6.07) is -0.00229. The molecule has 0 heterocycles. The number of nitrogens with one attached hydrogen (secondary N) is 1. The smallest absolute Gasteiger partial charge is 0.305 e. The first-order chi connectivity index (χ1) is 8.43. The fourth-order valence-corrected chi connectivity index (χ4v) is 2.58. The Balaban J connectivity index is 2.55. The number of nitrogens with two attached hydrogens (primary N) is 1. The maximum Gasteiger partial charge on any atom is 0.305 e. The van der Waals surface area contributed by atoms with E-state index in [1.165, 1.54) is 0 Å². The van der Waals surface area contributed by atoms with Crippen molar-refractivity contribution >= 4 is 11.9 Å². The molecule has 0 aromatic heterocycles. The highest BCUT2D eigenvalue weighted by Gasteiger charge is 2.35. The Morgan fingerprint density at radius 2 is 1.94 bits per heavy atom. The lowest BCUT2D eigenvalue weighted by molar-refractivity contribution is -0.139. The maximum absolute atomic E-state index is 11.8. The van der Waals surface area contributed by atoms with Crippen LogP contribution in [0.2, 0.25) is 0 Å². The van der Waals surface area contributed by atoms with E-state index < -0.39 is 11.5 Å². The molecule has 18 heavy (non-hydrogen) atoms. The Bertz CT molecular complexity index is 297. The second-order valence-corrected chi connectivity index (χ2v) is 5.48. The molecule has 104 valence electrons. The van der Waals surface area contributed by atoms with Crippen LogP contribution in [0.25, 0.3) is 0 Å². The van der Waals surface area contributed by atoms with Crippen molar-refractivity contribution in [3.8, 4) is 0 Å². The molecular formula is C13H24N2O3. The third kappa shape index (κ3) is 5.04. The minimum Gasteiger partial charge on any atom is -0.481 e. The average Bonchev–Trinajstić information content (AvgIpc) is 2.26. The molecule has 0 bridgehead atoms. The number of rotatable bonds is 6. The third-order valence-electron chi connectivity index (χ3n) is 3.53. The lowest BCUT2D eigenvalue weighted by Crippen LogP contribution is -2.51. The zero-order chi connectivity index (χ0) is 13.6. The van der Waals surface area contributed by atoms with Crippen LogP contribution in [-0.4, -0.2) is 28.6 Å². The first kappa shape index (κ1) is 15.0. The van der Waals surface area contributed by atoms with Crippen molar-refractivity contribution < 1.29 is 14.7 Å². The van der Waals surface area contributed by atoms with Crippen molar-refractivity contribution in [2.75, 3.05) is 0 Å². The van der Waals surface area contributed by atoms with Gasteiger partial charge in [0.05, 0.1) is 12.0 Å². The van der Waals surface area contributed by atoms with Crippen molar-refractivity contribution in [1.82, 2.24) is 5.32 Å². The van der Waals surface area contributed by atoms with Gasteiger partial charge in [-0.25, -0.2) is 0 Å². The molecule has 5 heteroatoms. The third-order valence-corrected chi connectivity index (χ3v) is 3.53. The Kier molecular flexibility index (Phi) is 5.59. The fourth-order valence-electron chi connectivity index (χ4n) is 2.58. The lowest BCUT2D eigenvalue weighted by atomic mass is 9.79. The van der Waals surface area contributed by atoms with E-state index in [1.54, 1.807) is 0 Å². The van der Waals surface area contributed by atoms with Crippen molar-refractivity contribution in [2.45, 2.75) is 69.9 Å². The zero-order valence-electron chi connectivity index (χ0n) is 11.1. The molecule has 0 radical (unpaired) electrons. The van der Waals surface area contributed by atoms with E-state index in [2.05, 4.69) is 5.32 Å². The number of carboxylic acid groups (broad SMARTS) is 1. The van der Waals surface area contributed by atoms with Crippen molar-refractivity contribution in [2.24, 2.45) is 5.73 Å². The van der Waals surface area contributed by atoms with Crippen molar-refractivity contribution in [3.63, 3.8) is 0 Å². The standard InChI is InChI=1S/C13H24N2O3/c1-10(14)5-6-11(16)15-13(9-12(17)18)7-3-2-4-8-13/h10H,2-9,14H2,1H3,(H,15,16)(H,17,18). The molecule has 0 saturated heterocycles. The van der Waals surface area contributed by atoms with Gasteiger partial charge >= 0.3 is 5.97 Å². The molecule has 1 amide bonds. The molecule has 1 unspecified atom stereocenters. The molecule has 1 aliphatic rings. The molecule has 1 saturated carbocycles. The minimum absolute atomic E-state index is 0.00229. The SMILES string of the molecule is CC(N)CCC(=O)NC1(CC(=O)O)CCCCC1. The van der Waals surface area contributed by atoms with E-state index >= 15 is 0 Å². The van der Waals surface area contributed by atoms with Crippen LogP contribution >= 0.6 is 0 Å². The number of aliphatic carboxylic acids is 1. The fraction of sp³-hybridized carbons (Fsp3) is 0.846. The molecule has 1 fully saturated rings. The van der Waals surface area contributed by atoms with Crippen LogP contribution in [0.5, 0.6) is 0 Å². The Hall–Kier alpha value is -1.10. The summed E-state index contributed by atoms with van der Waals surface area (Å²) in [6.45, 7) is 1.86. The largest absolute Gasteiger partial charge is 0.481 e. The van der Waals surface area contributed by atoms with Crippen molar-refractivity contribution in [3.05, 3.63) is 0 Å². The summed E-state index contributed by atoms with van der Waals surface area (Å²) in [5.41, 5.74) is 5.08. The van der Waals surface area contributed by atoms with Gasteiger partial charge in [-0.05, 0) is 26.2 Å². The van der Waals surface area contributed by atoms with E-state index in [4.69, 9.17) is 10.8 Å². The summed E-state index contributed by atoms with van der Waals surface area (Å²) in [6.07, 6.45) is 5.66. The first-order valence-electron chi connectivity index (χ1n) is 6.72. The molecular weight excluding hydrogens is 232 g/mol. The number of hydrogen-bond donors (Lipinski definition) is 3. The van der Waals surface area contributed by atoms with Gasteiger partial charge in [0.15, 0.2) is 0 Å². The molecule has 0 aromatic rings. The number of hydrogen-bond acceptors (Lipinski definition) is 3. The van der Waals surface area contributed by atoms with Crippen LogP contribution in [0.4, 0.5) is 0 Å². The van der Waals surface area contributed by atoms with Crippen LogP contribution in [0.3, 0.4) is 0 Å². The summed E-state index contributed by atoms with van der Waals surface area (Å²) < 4.78 is 0. The topological polar surface area (TPSA) is 92.4 Å². The van der Waals surface area contributed by atoms with Crippen molar-refractivity contribution in [1.29, 1.82) is 0 Å². The Labute approximate surface area is 108 Å². The Morgan fingerprint density at radius 1 is 1.33 bits per heavy atom. The zero-order valence-corrected chi connectivity index (χ0v) is 11.1. The van der Waals surface area contributed by atoms with Gasteiger partial charge in [-0.3, -0.25) is 9.59 Å². The minimum atomic E-state index is -0.843. The van der Waals surface area contributed by atoms with Gasteiger partial charge in [0, 0.05) is 12.5 Å². The summed E-state index contributed by atoms with van der Waals surface area (Å²) in [7, 11) is 0. The second kappa shape index (κ2) is 6.73. The molecule has 0 aliphatic heterocycles. The number of carbonyl (C=O) groups is 2. The van der Waals surface area contributed by atoms with E-state index in [0.29, 0.717) is 12.8 Å². The summed E-state index contributed by atoms with van der Waals surface area (Å²) in [5, 5.41) is 11.9. The average molecular weight is 256 g/mol. The van der Waals surface area contributed by atoms with Gasteiger partial charge in [-0.2, -0.15) is 0 Å². The summed E-state index contributed by atoms with van der Waals surface area (Å²) in [4.78, 5) is 22.8. The first-order valence-corrected chi connectivity index (χ1v) is 6.72. The molecule has 1 aliphatic carbocycles. The van der Waals surface area contributed by atoms with Crippen LogP contribution in [-0.2, 0) is 9.59 Å². The van der Waals surface area contributed by atoms with Gasteiger partial charge < -0.3 is 16.2 Å². The highest BCUT2D eigenvalue weighted by molar-refractivity contribution is 5.78. The highest BCUT2D eigenvalue weighted by Crippen LogP contribution is 2.31. The van der Waals surface area contributed by atoms with E-state index in [1.807, 2.05) is 6.92 Å². The second-order valence-electron chi connectivity index (χ2n) is 5.48. The number of amides is 1. The van der Waals surface area contributed by atoms with E-state index in [-0.39, 0.29) is 18.4 Å². The molecule has 0 aromatic carbocycles. The van der Waals surface area contributed by atoms with E-state index in [9.17, 15) is 9.59 Å².